The van der Waals surface area contributed by atoms with Crippen molar-refractivity contribution in [3.8, 4) is 0 Å². The van der Waals surface area contributed by atoms with E-state index in [1.54, 1.807) is 0 Å². The fraction of sp³-hybridized carbons (Fsp3) is 0.538. The number of nitrogens with one attached hydrogen (secondary N) is 1. The fourth-order valence-corrected chi connectivity index (χ4v) is 3.22. The van der Waals surface area contributed by atoms with E-state index in [9.17, 15) is 5.11 Å². The lowest BCUT2D eigenvalue weighted by Crippen LogP contribution is -2.29. The van der Waals surface area contributed by atoms with Crippen LogP contribution in [0.3, 0.4) is 0 Å². The van der Waals surface area contributed by atoms with E-state index in [-0.39, 0.29) is 6.10 Å². The van der Waals surface area contributed by atoms with E-state index < -0.39 is 0 Å². The van der Waals surface area contributed by atoms with Crippen molar-refractivity contribution in [2.75, 3.05) is 18.8 Å². The zero-order valence-corrected chi connectivity index (χ0v) is 10.5. The second-order valence-corrected chi connectivity index (χ2v) is 5.33. The van der Waals surface area contributed by atoms with E-state index in [0.717, 1.165) is 18.7 Å². The van der Waals surface area contributed by atoms with Gasteiger partial charge < -0.3 is 10.4 Å². The minimum atomic E-state index is -0.204. The molecule has 2 unspecified atom stereocenters. The third-order valence-electron chi connectivity index (χ3n) is 3.04. The maximum Gasteiger partial charge on any atom is 0.0662 e. The number of aliphatic hydroxyl groups excluding tert-OH is 1. The number of fused-ring (bicyclic) bond motifs is 1. The molecule has 88 valence electrons. The van der Waals surface area contributed by atoms with Crippen LogP contribution in [0.25, 0.3) is 0 Å². The highest BCUT2D eigenvalue weighted by atomic mass is 32.2. The van der Waals surface area contributed by atoms with Crippen molar-refractivity contribution in [3.05, 3.63) is 29.8 Å². The molecule has 1 aliphatic rings. The van der Waals surface area contributed by atoms with Crippen LogP contribution in [0.5, 0.6) is 0 Å². The van der Waals surface area contributed by atoms with Crippen molar-refractivity contribution in [1.29, 1.82) is 0 Å². The highest BCUT2D eigenvalue weighted by Crippen LogP contribution is 2.38. The summed E-state index contributed by atoms with van der Waals surface area (Å²) in [5.41, 5.74) is 1.46. The second-order valence-electron chi connectivity index (χ2n) is 4.27. The molecule has 2 atom stereocenters. The molecule has 0 spiro atoms. The molecular weight excluding hydrogens is 218 g/mol. The Bertz CT molecular complexity index is 342. The van der Waals surface area contributed by atoms with Gasteiger partial charge in [0, 0.05) is 29.7 Å². The van der Waals surface area contributed by atoms with Crippen LogP contribution in [0.15, 0.2) is 29.2 Å². The second kappa shape index (κ2) is 5.71. The Morgan fingerprint density at radius 1 is 1.50 bits per heavy atom. The first-order valence-corrected chi connectivity index (χ1v) is 6.90. The Labute approximate surface area is 101 Å². The SMILES string of the molecule is CCC(O)CNCC1CSc2ccccc21. The van der Waals surface area contributed by atoms with E-state index in [2.05, 4.69) is 29.6 Å². The molecule has 0 aliphatic carbocycles. The quantitative estimate of drug-likeness (QED) is 0.824. The number of hydrogen-bond acceptors (Lipinski definition) is 3. The molecule has 0 saturated heterocycles. The Morgan fingerprint density at radius 3 is 3.12 bits per heavy atom. The number of benzene rings is 1. The number of thioether (sulfide) groups is 1. The predicted molar refractivity (Wildman–Crippen MR) is 69.1 cm³/mol. The van der Waals surface area contributed by atoms with Gasteiger partial charge in [0.2, 0.25) is 0 Å². The van der Waals surface area contributed by atoms with Gasteiger partial charge in [-0.25, -0.2) is 0 Å². The molecule has 1 aromatic rings. The summed E-state index contributed by atoms with van der Waals surface area (Å²) < 4.78 is 0. The molecule has 2 N–H and O–H groups in total. The smallest absolute Gasteiger partial charge is 0.0662 e. The van der Waals surface area contributed by atoms with Gasteiger partial charge in [-0.2, -0.15) is 0 Å². The van der Waals surface area contributed by atoms with E-state index in [4.69, 9.17) is 0 Å². The standard InChI is InChI=1S/C13H19NOS/c1-2-11(15)8-14-7-10-9-16-13-6-4-3-5-12(10)13/h3-6,10-11,14-15H,2,7-9H2,1H3. The molecule has 0 bridgehead atoms. The lowest BCUT2D eigenvalue weighted by molar-refractivity contribution is 0.167. The summed E-state index contributed by atoms with van der Waals surface area (Å²) in [6.07, 6.45) is 0.618. The van der Waals surface area contributed by atoms with Gasteiger partial charge >= 0.3 is 0 Å². The lowest BCUT2D eigenvalue weighted by atomic mass is 10.0. The van der Waals surface area contributed by atoms with Gasteiger partial charge in [-0.05, 0) is 18.1 Å². The Hall–Kier alpha value is -0.510. The maximum atomic E-state index is 9.46. The van der Waals surface area contributed by atoms with Gasteiger partial charge in [0.15, 0.2) is 0 Å². The van der Waals surface area contributed by atoms with Gasteiger partial charge in [-0.15, -0.1) is 11.8 Å². The zero-order valence-electron chi connectivity index (χ0n) is 9.65. The van der Waals surface area contributed by atoms with Gasteiger partial charge in [-0.3, -0.25) is 0 Å². The highest BCUT2D eigenvalue weighted by Gasteiger charge is 2.22. The Balaban J connectivity index is 1.84. The van der Waals surface area contributed by atoms with Crippen molar-refractivity contribution in [2.24, 2.45) is 0 Å². The first-order valence-electron chi connectivity index (χ1n) is 5.91. The monoisotopic (exact) mass is 237 g/mol. The van der Waals surface area contributed by atoms with Crippen LogP contribution >= 0.6 is 11.8 Å². The molecule has 0 saturated carbocycles. The Kier molecular flexibility index (Phi) is 4.27. The molecule has 16 heavy (non-hydrogen) atoms. The highest BCUT2D eigenvalue weighted by molar-refractivity contribution is 7.99. The van der Waals surface area contributed by atoms with Crippen LogP contribution in [-0.2, 0) is 0 Å². The van der Waals surface area contributed by atoms with Gasteiger partial charge in [0.1, 0.15) is 0 Å². The summed E-state index contributed by atoms with van der Waals surface area (Å²) in [4.78, 5) is 1.42. The summed E-state index contributed by atoms with van der Waals surface area (Å²) in [6, 6.07) is 8.62. The molecule has 2 nitrogen and oxygen atoms in total. The van der Waals surface area contributed by atoms with Crippen molar-refractivity contribution >= 4 is 11.8 Å². The first kappa shape index (κ1) is 12.0. The van der Waals surface area contributed by atoms with Crippen LogP contribution in [0, 0.1) is 0 Å². The van der Waals surface area contributed by atoms with Gasteiger partial charge in [0.25, 0.3) is 0 Å². The van der Waals surface area contributed by atoms with E-state index in [0.29, 0.717) is 12.5 Å². The molecule has 1 aliphatic heterocycles. The molecule has 0 aromatic heterocycles. The number of rotatable bonds is 5. The molecule has 1 aromatic carbocycles. The lowest BCUT2D eigenvalue weighted by Gasteiger charge is -2.14. The van der Waals surface area contributed by atoms with Crippen LogP contribution < -0.4 is 5.32 Å². The molecule has 1 heterocycles. The third kappa shape index (κ3) is 2.78. The molecule has 2 rings (SSSR count). The van der Waals surface area contributed by atoms with Crippen molar-refractivity contribution in [2.45, 2.75) is 30.3 Å². The van der Waals surface area contributed by atoms with Crippen LogP contribution in [0.4, 0.5) is 0 Å². The predicted octanol–water partition coefficient (Wildman–Crippen LogP) is 2.24. The summed E-state index contributed by atoms with van der Waals surface area (Å²) in [5.74, 6) is 1.76. The van der Waals surface area contributed by atoms with Crippen molar-refractivity contribution in [3.63, 3.8) is 0 Å². The summed E-state index contributed by atoms with van der Waals surface area (Å²) >= 11 is 1.94. The minimum Gasteiger partial charge on any atom is -0.392 e. The topological polar surface area (TPSA) is 32.3 Å². The van der Waals surface area contributed by atoms with Gasteiger partial charge in [-0.1, -0.05) is 25.1 Å². The van der Waals surface area contributed by atoms with Crippen LogP contribution in [0.1, 0.15) is 24.8 Å². The fourth-order valence-electron chi connectivity index (χ4n) is 1.97. The average molecular weight is 237 g/mol. The minimum absolute atomic E-state index is 0.204. The van der Waals surface area contributed by atoms with Crippen LogP contribution in [-0.4, -0.2) is 30.1 Å². The number of aliphatic hydroxyl groups is 1. The van der Waals surface area contributed by atoms with E-state index >= 15 is 0 Å². The molecular formula is C13H19NOS. The normalized spacial score (nSPS) is 20.8. The van der Waals surface area contributed by atoms with Gasteiger partial charge in [0.05, 0.1) is 6.10 Å². The molecule has 0 fully saturated rings. The summed E-state index contributed by atoms with van der Waals surface area (Å²) in [6.45, 7) is 3.69. The molecule has 3 heteroatoms. The van der Waals surface area contributed by atoms with Crippen molar-refractivity contribution in [1.82, 2.24) is 5.32 Å². The van der Waals surface area contributed by atoms with E-state index in [1.165, 1.54) is 10.5 Å². The third-order valence-corrected chi connectivity index (χ3v) is 4.29. The largest absolute Gasteiger partial charge is 0.392 e. The summed E-state index contributed by atoms with van der Waals surface area (Å²) in [7, 11) is 0. The first-order chi connectivity index (χ1) is 7.81. The zero-order chi connectivity index (χ0) is 11.4. The van der Waals surface area contributed by atoms with Crippen LogP contribution in [0.2, 0.25) is 0 Å². The Morgan fingerprint density at radius 2 is 2.31 bits per heavy atom. The maximum absolute atomic E-state index is 9.46. The number of hydrogen-bond donors (Lipinski definition) is 2. The van der Waals surface area contributed by atoms with E-state index in [1.807, 2.05) is 18.7 Å². The molecule has 0 amide bonds. The average Bonchev–Trinajstić information content (AvgIpc) is 2.73. The summed E-state index contributed by atoms with van der Waals surface area (Å²) in [5, 5.41) is 12.8. The van der Waals surface area contributed by atoms with Crippen molar-refractivity contribution < 1.29 is 5.11 Å². The molecule has 0 radical (unpaired) electrons.